The molecule has 3 nitrogen and oxygen atoms in total. The lowest BCUT2D eigenvalue weighted by molar-refractivity contribution is -0.118. The van der Waals surface area contributed by atoms with Gasteiger partial charge in [0.2, 0.25) is 5.91 Å². The Morgan fingerprint density at radius 3 is 2.82 bits per heavy atom. The number of rotatable bonds is 3. The van der Waals surface area contributed by atoms with Crippen LogP contribution in [0.2, 0.25) is 0 Å². The van der Waals surface area contributed by atoms with Gasteiger partial charge >= 0.3 is 0 Å². The summed E-state index contributed by atoms with van der Waals surface area (Å²) in [5.74, 6) is -0.186. The van der Waals surface area contributed by atoms with E-state index in [1.54, 1.807) is 0 Å². The standard InChI is InChI=1S/C7H14N2O.ClH/c8-7(10)4-3-6-2-1-5-9-6;/h6,9H,1-5H2,(H2,8,10);1H/t6-;/m1./s1. The molecule has 4 heteroatoms. The fourth-order valence-corrected chi connectivity index (χ4v) is 1.32. The molecule has 1 amide bonds. The van der Waals surface area contributed by atoms with E-state index < -0.39 is 0 Å². The van der Waals surface area contributed by atoms with Crippen LogP contribution >= 0.6 is 12.4 Å². The molecule has 0 saturated carbocycles. The molecular weight excluding hydrogens is 164 g/mol. The van der Waals surface area contributed by atoms with Crippen LogP contribution in [0.25, 0.3) is 0 Å². The van der Waals surface area contributed by atoms with Gasteiger partial charge in [-0.1, -0.05) is 0 Å². The first kappa shape index (κ1) is 10.7. The Kier molecular flexibility index (Phi) is 5.24. The number of nitrogens with two attached hydrogens (primary N) is 1. The van der Waals surface area contributed by atoms with Gasteiger partial charge in [0.15, 0.2) is 0 Å². The van der Waals surface area contributed by atoms with Crippen LogP contribution in [0.5, 0.6) is 0 Å². The average molecular weight is 179 g/mol. The summed E-state index contributed by atoms with van der Waals surface area (Å²) in [7, 11) is 0. The van der Waals surface area contributed by atoms with E-state index in [4.69, 9.17) is 5.73 Å². The average Bonchev–Trinajstić information content (AvgIpc) is 2.34. The first-order valence-corrected chi connectivity index (χ1v) is 3.81. The highest BCUT2D eigenvalue weighted by atomic mass is 35.5. The molecule has 0 aliphatic carbocycles. The van der Waals surface area contributed by atoms with Crippen LogP contribution in [0.1, 0.15) is 25.7 Å². The van der Waals surface area contributed by atoms with Crippen molar-refractivity contribution in [2.75, 3.05) is 6.54 Å². The van der Waals surface area contributed by atoms with E-state index in [9.17, 15) is 4.79 Å². The van der Waals surface area contributed by atoms with Crippen molar-refractivity contribution in [1.29, 1.82) is 0 Å². The van der Waals surface area contributed by atoms with Crippen LogP contribution in [0.4, 0.5) is 0 Å². The third-order valence-corrected chi connectivity index (χ3v) is 1.90. The van der Waals surface area contributed by atoms with E-state index in [0.29, 0.717) is 12.5 Å². The maximum Gasteiger partial charge on any atom is 0.217 e. The number of carbonyl (C=O) groups is 1. The van der Waals surface area contributed by atoms with Crippen molar-refractivity contribution in [3.8, 4) is 0 Å². The molecule has 1 heterocycles. The van der Waals surface area contributed by atoms with Gasteiger partial charge in [-0.15, -0.1) is 12.4 Å². The Balaban J connectivity index is 0.000001000. The molecule has 1 saturated heterocycles. The summed E-state index contributed by atoms with van der Waals surface area (Å²) in [6.07, 6.45) is 3.88. The van der Waals surface area contributed by atoms with Crippen LogP contribution < -0.4 is 11.1 Å². The number of hydrogen-bond acceptors (Lipinski definition) is 2. The van der Waals surface area contributed by atoms with Crippen LogP contribution in [0.15, 0.2) is 0 Å². The lowest BCUT2D eigenvalue weighted by atomic mass is 10.1. The summed E-state index contributed by atoms with van der Waals surface area (Å²) in [4.78, 5) is 10.4. The second-order valence-electron chi connectivity index (χ2n) is 2.80. The second-order valence-corrected chi connectivity index (χ2v) is 2.80. The number of carbonyl (C=O) groups excluding carboxylic acids is 1. The summed E-state index contributed by atoms with van der Waals surface area (Å²) in [6.45, 7) is 1.10. The Bertz CT molecular complexity index is 124. The van der Waals surface area contributed by atoms with Gasteiger partial charge in [-0.05, 0) is 25.8 Å². The van der Waals surface area contributed by atoms with Gasteiger partial charge in [0.1, 0.15) is 0 Å². The van der Waals surface area contributed by atoms with Crippen LogP contribution in [-0.4, -0.2) is 18.5 Å². The zero-order valence-electron chi connectivity index (χ0n) is 6.51. The largest absolute Gasteiger partial charge is 0.370 e. The predicted octanol–water partition coefficient (Wildman–Crippen LogP) is 0.426. The zero-order valence-corrected chi connectivity index (χ0v) is 7.32. The van der Waals surface area contributed by atoms with Gasteiger partial charge < -0.3 is 11.1 Å². The van der Waals surface area contributed by atoms with Gasteiger partial charge in [-0.2, -0.15) is 0 Å². The molecule has 1 atom stereocenters. The van der Waals surface area contributed by atoms with E-state index in [0.717, 1.165) is 13.0 Å². The molecule has 0 spiro atoms. The highest BCUT2D eigenvalue weighted by molar-refractivity contribution is 5.85. The molecule has 66 valence electrons. The minimum Gasteiger partial charge on any atom is -0.370 e. The minimum atomic E-state index is -0.186. The van der Waals surface area contributed by atoms with Crippen molar-refractivity contribution in [3.63, 3.8) is 0 Å². The van der Waals surface area contributed by atoms with Crippen molar-refractivity contribution in [1.82, 2.24) is 5.32 Å². The van der Waals surface area contributed by atoms with Crippen LogP contribution in [0, 0.1) is 0 Å². The minimum absolute atomic E-state index is 0. The molecule has 0 aromatic rings. The van der Waals surface area contributed by atoms with Gasteiger partial charge in [0, 0.05) is 12.5 Å². The molecule has 0 unspecified atom stereocenters. The summed E-state index contributed by atoms with van der Waals surface area (Å²) < 4.78 is 0. The fraction of sp³-hybridized carbons (Fsp3) is 0.857. The third kappa shape index (κ3) is 4.22. The predicted molar refractivity (Wildman–Crippen MR) is 46.7 cm³/mol. The fourth-order valence-electron chi connectivity index (χ4n) is 1.32. The van der Waals surface area contributed by atoms with Crippen molar-refractivity contribution in [2.45, 2.75) is 31.7 Å². The van der Waals surface area contributed by atoms with Gasteiger partial charge in [0.25, 0.3) is 0 Å². The second kappa shape index (κ2) is 5.38. The number of primary amides is 1. The Hall–Kier alpha value is -0.280. The topological polar surface area (TPSA) is 55.1 Å². The molecule has 1 aliphatic heterocycles. The summed E-state index contributed by atoms with van der Waals surface area (Å²) in [5, 5.41) is 3.30. The van der Waals surface area contributed by atoms with E-state index in [2.05, 4.69) is 5.32 Å². The van der Waals surface area contributed by atoms with E-state index >= 15 is 0 Å². The molecular formula is C7H15ClN2O. The van der Waals surface area contributed by atoms with Crippen molar-refractivity contribution in [3.05, 3.63) is 0 Å². The Morgan fingerprint density at radius 1 is 1.64 bits per heavy atom. The maximum absolute atomic E-state index is 10.4. The molecule has 1 aliphatic rings. The van der Waals surface area contributed by atoms with Crippen molar-refractivity contribution < 1.29 is 4.79 Å². The Labute approximate surface area is 73.1 Å². The first-order chi connectivity index (χ1) is 4.79. The first-order valence-electron chi connectivity index (χ1n) is 3.81. The quantitative estimate of drug-likeness (QED) is 0.659. The van der Waals surface area contributed by atoms with Gasteiger partial charge in [-0.25, -0.2) is 0 Å². The SMILES string of the molecule is Cl.NC(=O)CC[C@H]1CCCN1. The lowest BCUT2D eigenvalue weighted by Crippen LogP contribution is -2.23. The third-order valence-electron chi connectivity index (χ3n) is 1.90. The summed E-state index contributed by atoms with van der Waals surface area (Å²) >= 11 is 0. The molecule has 0 aromatic heterocycles. The van der Waals surface area contributed by atoms with Crippen LogP contribution in [-0.2, 0) is 4.79 Å². The number of amides is 1. The summed E-state index contributed by atoms with van der Waals surface area (Å²) in [5.41, 5.74) is 5.00. The Morgan fingerprint density at radius 2 is 2.36 bits per heavy atom. The van der Waals surface area contributed by atoms with Crippen molar-refractivity contribution >= 4 is 18.3 Å². The number of hydrogen-bond donors (Lipinski definition) is 2. The number of halogens is 1. The highest BCUT2D eigenvalue weighted by Crippen LogP contribution is 2.09. The smallest absolute Gasteiger partial charge is 0.217 e. The zero-order chi connectivity index (χ0) is 7.40. The van der Waals surface area contributed by atoms with E-state index in [1.807, 2.05) is 0 Å². The van der Waals surface area contributed by atoms with Gasteiger partial charge in [0.05, 0.1) is 0 Å². The lowest BCUT2D eigenvalue weighted by Gasteiger charge is -2.06. The van der Waals surface area contributed by atoms with E-state index in [-0.39, 0.29) is 18.3 Å². The van der Waals surface area contributed by atoms with Gasteiger partial charge in [-0.3, -0.25) is 4.79 Å². The van der Waals surface area contributed by atoms with E-state index in [1.165, 1.54) is 12.8 Å². The summed E-state index contributed by atoms with van der Waals surface area (Å²) in [6, 6.07) is 0.549. The monoisotopic (exact) mass is 178 g/mol. The molecule has 1 fully saturated rings. The maximum atomic E-state index is 10.4. The molecule has 1 rings (SSSR count). The molecule has 3 N–H and O–H groups in total. The van der Waals surface area contributed by atoms with Crippen molar-refractivity contribution in [2.24, 2.45) is 5.73 Å². The molecule has 0 radical (unpaired) electrons. The molecule has 0 bridgehead atoms. The number of nitrogens with one attached hydrogen (secondary N) is 1. The van der Waals surface area contributed by atoms with Crippen LogP contribution in [0.3, 0.4) is 0 Å². The normalized spacial score (nSPS) is 22.7. The molecule has 0 aromatic carbocycles. The molecule has 11 heavy (non-hydrogen) atoms. The highest BCUT2D eigenvalue weighted by Gasteiger charge is 2.13.